The van der Waals surface area contributed by atoms with Crippen LogP contribution in [-0.4, -0.2) is 45.8 Å². The van der Waals surface area contributed by atoms with Crippen LogP contribution in [0.3, 0.4) is 0 Å². The van der Waals surface area contributed by atoms with Crippen LogP contribution in [0.4, 0.5) is 5.69 Å². The molecule has 3 aromatic rings. The molecular formula is C21H25N5O. The second kappa shape index (κ2) is 7.80. The van der Waals surface area contributed by atoms with Gasteiger partial charge in [-0.2, -0.15) is 5.10 Å². The first-order valence-electron chi connectivity index (χ1n) is 9.33. The maximum atomic E-state index is 6.09. The Labute approximate surface area is 160 Å². The summed E-state index contributed by atoms with van der Waals surface area (Å²) >= 11 is 0. The van der Waals surface area contributed by atoms with E-state index in [9.17, 15) is 0 Å². The van der Waals surface area contributed by atoms with E-state index in [4.69, 9.17) is 4.74 Å². The van der Waals surface area contributed by atoms with Crippen LogP contribution >= 0.6 is 0 Å². The van der Waals surface area contributed by atoms with E-state index in [2.05, 4.69) is 50.2 Å². The van der Waals surface area contributed by atoms with Crippen LogP contribution in [0.25, 0.3) is 0 Å². The van der Waals surface area contributed by atoms with Gasteiger partial charge in [-0.05, 0) is 31.2 Å². The minimum atomic E-state index is 0.732. The molecule has 6 nitrogen and oxygen atoms in total. The highest BCUT2D eigenvalue weighted by atomic mass is 16.5. The zero-order valence-electron chi connectivity index (χ0n) is 15.9. The van der Waals surface area contributed by atoms with E-state index in [-0.39, 0.29) is 0 Å². The highest BCUT2D eigenvalue weighted by Crippen LogP contribution is 2.28. The standard InChI is InChI=1S/C21H25N5O/c1-17-20(21(24(2)23-17)27-19-9-6-10-22-15-19)16-25-11-13-26(14-12-25)18-7-4-3-5-8-18/h3-10,15H,11-14,16H2,1-2H3. The van der Waals surface area contributed by atoms with Crippen LogP contribution in [0.1, 0.15) is 11.3 Å². The molecule has 0 saturated carbocycles. The Morgan fingerprint density at radius 3 is 2.48 bits per heavy atom. The molecule has 0 amide bonds. The normalized spacial score (nSPS) is 15.1. The lowest BCUT2D eigenvalue weighted by molar-refractivity contribution is 0.246. The Balaban J connectivity index is 1.44. The fourth-order valence-electron chi connectivity index (χ4n) is 3.54. The molecule has 0 atom stereocenters. The van der Waals surface area contributed by atoms with Gasteiger partial charge in [-0.25, -0.2) is 4.68 Å². The van der Waals surface area contributed by atoms with Gasteiger partial charge in [-0.15, -0.1) is 0 Å². The van der Waals surface area contributed by atoms with Gasteiger partial charge in [-0.1, -0.05) is 18.2 Å². The summed E-state index contributed by atoms with van der Waals surface area (Å²) in [6.45, 7) is 7.00. The predicted molar refractivity (Wildman–Crippen MR) is 106 cm³/mol. The van der Waals surface area contributed by atoms with Crippen LogP contribution in [-0.2, 0) is 13.6 Å². The summed E-state index contributed by atoms with van der Waals surface area (Å²) in [6, 6.07) is 14.4. The maximum absolute atomic E-state index is 6.09. The van der Waals surface area contributed by atoms with Crippen molar-refractivity contribution in [1.82, 2.24) is 19.7 Å². The van der Waals surface area contributed by atoms with Gasteiger partial charge >= 0.3 is 0 Å². The number of benzene rings is 1. The second-order valence-electron chi connectivity index (χ2n) is 6.88. The van der Waals surface area contributed by atoms with Crippen molar-refractivity contribution in [2.24, 2.45) is 7.05 Å². The van der Waals surface area contributed by atoms with Crippen LogP contribution in [0.2, 0.25) is 0 Å². The number of hydrogen-bond donors (Lipinski definition) is 0. The summed E-state index contributed by atoms with van der Waals surface area (Å²) in [5.41, 5.74) is 3.46. The lowest BCUT2D eigenvalue weighted by Crippen LogP contribution is -2.46. The number of pyridine rings is 1. The van der Waals surface area contributed by atoms with Gasteiger partial charge in [0.2, 0.25) is 5.88 Å². The number of ether oxygens (including phenoxy) is 1. The largest absolute Gasteiger partial charge is 0.437 e. The van der Waals surface area contributed by atoms with E-state index in [0.717, 1.165) is 55.6 Å². The average molecular weight is 363 g/mol. The third-order valence-electron chi connectivity index (χ3n) is 5.01. The number of nitrogens with zero attached hydrogens (tertiary/aromatic N) is 5. The van der Waals surface area contributed by atoms with Gasteiger partial charge in [0.25, 0.3) is 0 Å². The van der Waals surface area contributed by atoms with Gasteiger partial charge in [0.05, 0.1) is 17.5 Å². The van der Waals surface area contributed by atoms with Crippen molar-refractivity contribution < 1.29 is 4.74 Å². The van der Waals surface area contributed by atoms with Crippen molar-refractivity contribution in [3.8, 4) is 11.6 Å². The average Bonchev–Trinajstić information content (AvgIpc) is 2.97. The van der Waals surface area contributed by atoms with Crippen LogP contribution in [0.5, 0.6) is 11.6 Å². The van der Waals surface area contributed by atoms with E-state index < -0.39 is 0 Å². The Kier molecular flexibility index (Phi) is 5.07. The van der Waals surface area contributed by atoms with Crippen LogP contribution < -0.4 is 9.64 Å². The number of para-hydroxylation sites is 1. The van der Waals surface area contributed by atoms with Crippen molar-refractivity contribution in [2.75, 3.05) is 31.1 Å². The van der Waals surface area contributed by atoms with Crippen LogP contribution in [0, 0.1) is 6.92 Å². The molecule has 1 aliphatic heterocycles. The van der Waals surface area contributed by atoms with E-state index >= 15 is 0 Å². The summed E-state index contributed by atoms with van der Waals surface area (Å²) < 4.78 is 7.91. The minimum Gasteiger partial charge on any atom is -0.437 e. The number of anilines is 1. The number of aromatic nitrogens is 3. The predicted octanol–water partition coefficient (Wildman–Crippen LogP) is 3.24. The zero-order valence-corrected chi connectivity index (χ0v) is 15.9. The van der Waals surface area contributed by atoms with Crippen molar-refractivity contribution in [3.63, 3.8) is 0 Å². The number of aryl methyl sites for hydroxylation is 2. The van der Waals surface area contributed by atoms with E-state index in [1.165, 1.54) is 5.69 Å². The number of rotatable bonds is 5. The molecule has 1 aromatic carbocycles. The molecule has 3 heterocycles. The van der Waals surface area contributed by atoms with Gasteiger partial charge in [0, 0.05) is 51.7 Å². The summed E-state index contributed by atoms with van der Waals surface area (Å²) in [5, 5.41) is 4.57. The fourth-order valence-corrected chi connectivity index (χ4v) is 3.54. The third kappa shape index (κ3) is 3.95. The lowest BCUT2D eigenvalue weighted by Gasteiger charge is -2.36. The first-order chi connectivity index (χ1) is 13.2. The molecule has 27 heavy (non-hydrogen) atoms. The maximum Gasteiger partial charge on any atom is 0.222 e. The molecule has 0 unspecified atom stereocenters. The topological polar surface area (TPSA) is 46.4 Å². The quantitative estimate of drug-likeness (QED) is 0.696. The monoisotopic (exact) mass is 363 g/mol. The van der Waals surface area contributed by atoms with Gasteiger partial charge in [0.1, 0.15) is 5.75 Å². The first kappa shape index (κ1) is 17.5. The molecule has 0 aliphatic carbocycles. The van der Waals surface area contributed by atoms with E-state index in [1.807, 2.05) is 30.8 Å². The highest BCUT2D eigenvalue weighted by Gasteiger charge is 2.22. The number of piperazine rings is 1. The molecular weight excluding hydrogens is 338 g/mol. The smallest absolute Gasteiger partial charge is 0.222 e. The van der Waals surface area contributed by atoms with E-state index in [0.29, 0.717) is 0 Å². The zero-order chi connectivity index (χ0) is 18.6. The van der Waals surface area contributed by atoms with Crippen molar-refractivity contribution >= 4 is 5.69 Å². The SMILES string of the molecule is Cc1nn(C)c(Oc2cccnc2)c1CN1CCN(c2ccccc2)CC1. The second-order valence-corrected chi connectivity index (χ2v) is 6.88. The van der Waals surface area contributed by atoms with Gasteiger partial charge in [0.15, 0.2) is 0 Å². The molecule has 0 N–H and O–H groups in total. The Bertz CT molecular complexity index is 870. The molecule has 1 fully saturated rings. The highest BCUT2D eigenvalue weighted by molar-refractivity contribution is 5.46. The molecule has 1 saturated heterocycles. The fraction of sp³-hybridized carbons (Fsp3) is 0.333. The first-order valence-corrected chi connectivity index (χ1v) is 9.33. The lowest BCUT2D eigenvalue weighted by atomic mass is 10.2. The molecule has 0 spiro atoms. The molecule has 1 aliphatic rings. The van der Waals surface area contributed by atoms with E-state index in [1.54, 1.807) is 12.4 Å². The summed E-state index contributed by atoms with van der Waals surface area (Å²) in [7, 11) is 1.93. The summed E-state index contributed by atoms with van der Waals surface area (Å²) in [5.74, 6) is 1.53. The molecule has 2 aromatic heterocycles. The molecule has 140 valence electrons. The molecule has 4 rings (SSSR count). The molecule has 6 heteroatoms. The molecule has 0 radical (unpaired) electrons. The molecule has 0 bridgehead atoms. The van der Waals surface area contributed by atoms with Crippen molar-refractivity contribution in [1.29, 1.82) is 0 Å². The third-order valence-corrected chi connectivity index (χ3v) is 5.01. The summed E-state index contributed by atoms with van der Waals surface area (Å²) in [4.78, 5) is 9.05. The van der Waals surface area contributed by atoms with Crippen molar-refractivity contribution in [2.45, 2.75) is 13.5 Å². The van der Waals surface area contributed by atoms with Crippen LogP contribution in [0.15, 0.2) is 54.9 Å². The Hall–Kier alpha value is -2.86. The van der Waals surface area contributed by atoms with Crippen molar-refractivity contribution in [3.05, 3.63) is 66.1 Å². The number of hydrogen-bond acceptors (Lipinski definition) is 5. The minimum absolute atomic E-state index is 0.732. The van der Waals surface area contributed by atoms with Gasteiger partial charge < -0.3 is 9.64 Å². The summed E-state index contributed by atoms with van der Waals surface area (Å²) in [6.07, 6.45) is 3.47. The Morgan fingerprint density at radius 1 is 1.00 bits per heavy atom. The van der Waals surface area contributed by atoms with Gasteiger partial charge in [-0.3, -0.25) is 9.88 Å². The Morgan fingerprint density at radius 2 is 1.78 bits per heavy atom.